The fourth-order valence-electron chi connectivity index (χ4n) is 2.09. The maximum absolute atomic E-state index is 5.37. The highest BCUT2D eigenvalue weighted by molar-refractivity contribution is 5.61. The van der Waals surface area contributed by atoms with Crippen molar-refractivity contribution in [3.8, 4) is 28.6 Å². The summed E-state index contributed by atoms with van der Waals surface area (Å²) in [6.07, 6.45) is 0. The van der Waals surface area contributed by atoms with Crippen LogP contribution in [-0.4, -0.2) is 17.3 Å². The monoisotopic (exact) mass is 280 g/mol. The van der Waals surface area contributed by atoms with Crippen molar-refractivity contribution in [1.82, 2.24) is 10.1 Å². The van der Waals surface area contributed by atoms with Crippen molar-refractivity contribution in [3.63, 3.8) is 0 Å². The number of nitrogens with zero attached hydrogens (tertiary/aromatic N) is 2. The van der Waals surface area contributed by atoms with Gasteiger partial charge in [-0.2, -0.15) is 4.98 Å². The van der Waals surface area contributed by atoms with Crippen molar-refractivity contribution in [2.45, 2.75) is 13.8 Å². The molecular weight excluding hydrogens is 264 g/mol. The van der Waals surface area contributed by atoms with E-state index < -0.39 is 0 Å². The molecule has 3 aromatic rings. The standard InChI is InChI=1S/C17H16N2O2/c1-11-7-8-14(9-12(11)2)17-18-16(19-21-17)13-5-4-6-15(10-13)20-3/h4-10H,1-3H3. The van der Waals surface area contributed by atoms with Gasteiger partial charge < -0.3 is 9.26 Å². The van der Waals surface area contributed by atoms with Crippen LogP contribution in [0.4, 0.5) is 0 Å². The minimum Gasteiger partial charge on any atom is -0.497 e. The number of benzene rings is 2. The summed E-state index contributed by atoms with van der Waals surface area (Å²) in [6, 6.07) is 13.7. The van der Waals surface area contributed by atoms with E-state index in [9.17, 15) is 0 Å². The molecule has 0 aliphatic rings. The molecule has 0 aliphatic carbocycles. The van der Waals surface area contributed by atoms with Crippen LogP contribution in [0, 0.1) is 13.8 Å². The molecular formula is C17H16N2O2. The Morgan fingerprint density at radius 1 is 0.952 bits per heavy atom. The molecule has 0 saturated heterocycles. The van der Waals surface area contributed by atoms with Gasteiger partial charge >= 0.3 is 0 Å². The maximum atomic E-state index is 5.37. The largest absolute Gasteiger partial charge is 0.497 e. The van der Waals surface area contributed by atoms with Gasteiger partial charge in [0.05, 0.1) is 7.11 Å². The second kappa shape index (κ2) is 5.40. The number of hydrogen-bond donors (Lipinski definition) is 0. The molecule has 4 nitrogen and oxygen atoms in total. The van der Waals surface area contributed by atoms with Gasteiger partial charge in [-0.25, -0.2) is 0 Å². The molecule has 1 heterocycles. The third-order valence-corrected chi connectivity index (χ3v) is 3.51. The predicted octanol–water partition coefficient (Wildman–Crippen LogP) is 4.03. The van der Waals surface area contributed by atoms with E-state index in [2.05, 4.69) is 36.1 Å². The smallest absolute Gasteiger partial charge is 0.258 e. The summed E-state index contributed by atoms with van der Waals surface area (Å²) in [5.41, 5.74) is 4.24. The van der Waals surface area contributed by atoms with Crippen LogP contribution < -0.4 is 4.74 Å². The predicted molar refractivity (Wildman–Crippen MR) is 81.2 cm³/mol. The first-order valence-corrected chi connectivity index (χ1v) is 6.73. The van der Waals surface area contributed by atoms with Crippen LogP contribution in [0.15, 0.2) is 47.0 Å². The Bertz CT molecular complexity index is 778. The molecule has 0 bridgehead atoms. The Labute approximate surface area is 123 Å². The topological polar surface area (TPSA) is 48.2 Å². The van der Waals surface area contributed by atoms with Crippen LogP contribution in [0.1, 0.15) is 11.1 Å². The van der Waals surface area contributed by atoms with Crippen LogP contribution in [0.3, 0.4) is 0 Å². The molecule has 0 aliphatic heterocycles. The summed E-state index contributed by atoms with van der Waals surface area (Å²) in [4.78, 5) is 4.46. The van der Waals surface area contributed by atoms with Gasteiger partial charge in [0.25, 0.3) is 5.89 Å². The molecule has 0 amide bonds. The van der Waals surface area contributed by atoms with E-state index >= 15 is 0 Å². The summed E-state index contributed by atoms with van der Waals surface area (Å²) in [5, 5.41) is 4.05. The van der Waals surface area contributed by atoms with E-state index in [1.54, 1.807) is 7.11 Å². The fourth-order valence-corrected chi connectivity index (χ4v) is 2.09. The Hall–Kier alpha value is -2.62. The van der Waals surface area contributed by atoms with Gasteiger partial charge in [-0.3, -0.25) is 0 Å². The van der Waals surface area contributed by atoms with Crippen LogP contribution in [0.2, 0.25) is 0 Å². The van der Waals surface area contributed by atoms with E-state index in [0.29, 0.717) is 11.7 Å². The second-order valence-electron chi connectivity index (χ2n) is 4.95. The van der Waals surface area contributed by atoms with Gasteiger partial charge in [-0.05, 0) is 49.2 Å². The van der Waals surface area contributed by atoms with Gasteiger partial charge in [0.15, 0.2) is 0 Å². The molecule has 0 N–H and O–H groups in total. The number of aromatic nitrogens is 2. The van der Waals surface area contributed by atoms with E-state index in [1.807, 2.05) is 30.3 Å². The molecule has 3 rings (SSSR count). The van der Waals surface area contributed by atoms with E-state index in [-0.39, 0.29) is 0 Å². The molecule has 0 fully saturated rings. The highest BCUT2D eigenvalue weighted by Crippen LogP contribution is 2.25. The first-order chi connectivity index (χ1) is 10.2. The Balaban J connectivity index is 1.97. The van der Waals surface area contributed by atoms with Crippen LogP contribution in [0.25, 0.3) is 22.8 Å². The number of ether oxygens (including phenoxy) is 1. The lowest BCUT2D eigenvalue weighted by Crippen LogP contribution is -1.86. The van der Waals surface area contributed by atoms with Gasteiger partial charge in [-0.15, -0.1) is 0 Å². The normalized spacial score (nSPS) is 10.6. The summed E-state index contributed by atoms with van der Waals surface area (Å²) in [7, 11) is 1.63. The second-order valence-corrected chi connectivity index (χ2v) is 4.95. The molecule has 1 aromatic heterocycles. The van der Waals surface area contributed by atoms with Crippen molar-refractivity contribution in [2.24, 2.45) is 0 Å². The lowest BCUT2D eigenvalue weighted by molar-refractivity contribution is 0.414. The van der Waals surface area contributed by atoms with Crippen molar-refractivity contribution >= 4 is 0 Å². The van der Waals surface area contributed by atoms with E-state index in [0.717, 1.165) is 16.9 Å². The zero-order valence-corrected chi connectivity index (χ0v) is 12.3. The lowest BCUT2D eigenvalue weighted by atomic mass is 10.1. The van der Waals surface area contributed by atoms with Crippen molar-refractivity contribution < 1.29 is 9.26 Å². The SMILES string of the molecule is COc1cccc(-c2noc(-c3ccc(C)c(C)c3)n2)c1. The summed E-state index contributed by atoms with van der Waals surface area (Å²) in [5.74, 6) is 1.85. The first-order valence-electron chi connectivity index (χ1n) is 6.73. The Morgan fingerprint density at radius 3 is 2.57 bits per heavy atom. The quantitative estimate of drug-likeness (QED) is 0.726. The maximum Gasteiger partial charge on any atom is 0.258 e. The Kier molecular flexibility index (Phi) is 3.44. The molecule has 0 atom stereocenters. The zero-order chi connectivity index (χ0) is 14.8. The van der Waals surface area contributed by atoms with Gasteiger partial charge in [0.2, 0.25) is 5.82 Å². The molecule has 2 aromatic carbocycles. The third kappa shape index (κ3) is 2.65. The molecule has 0 saturated carbocycles. The molecule has 21 heavy (non-hydrogen) atoms. The highest BCUT2D eigenvalue weighted by atomic mass is 16.5. The molecule has 0 unspecified atom stereocenters. The number of methoxy groups -OCH3 is 1. The number of hydrogen-bond acceptors (Lipinski definition) is 4. The number of aryl methyl sites for hydroxylation is 2. The summed E-state index contributed by atoms with van der Waals surface area (Å²) >= 11 is 0. The minimum absolute atomic E-state index is 0.524. The average molecular weight is 280 g/mol. The lowest BCUT2D eigenvalue weighted by Gasteiger charge is -2.01. The van der Waals surface area contributed by atoms with Gasteiger partial charge in [-0.1, -0.05) is 23.4 Å². The van der Waals surface area contributed by atoms with Crippen molar-refractivity contribution in [2.75, 3.05) is 7.11 Å². The Morgan fingerprint density at radius 2 is 1.81 bits per heavy atom. The van der Waals surface area contributed by atoms with Crippen LogP contribution >= 0.6 is 0 Å². The van der Waals surface area contributed by atoms with E-state index in [1.165, 1.54) is 11.1 Å². The molecule has 0 spiro atoms. The minimum atomic E-state index is 0.524. The van der Waals surface area contributed by atoms with Crippen LogP contribution in [0.5, 0.6) is 5.75 Å². The average Bonchev–Trinajstić information content (AvgIpc) is 3.00. The van der Waals surface area contributed by atoms with Gasteiger partial charge in [0.1, 0.15) is 5.75 Å². The van der Waals surface area contributed by atoms with Crippen molar-refractivity contribution in [3.05, 3.63) is 53.6 Å². The fraction of sp³-hybridized carbons (Fsp3) is 0.176. The van der Waals surface area contributed by atoms with E-state index in [4.69, 9.17) is 9.26 Å². The highest BCUT2D eigenvalue weighted by Gasteiger charge is 2.11. The molecule has 106 valence electrons. The zero-order valence-electron chi connectivity index (χ0n) is 12.3. The van der Waals surface area contributed by atoms with Gasteiger partial charge in [0, 0.05) is 11.1 Å². The van der Waals surface area contributed by atoms with Crippen molar-refractivity contribution in [1.29, 1.82) is 0 Å². The molecule has 0 radical (unpaired) electrons. The summed E-state index contributed by atoms with van der Waals surface area (Å²) < 4.78 is 10.6. The molecule has 4 heteroatoms. The third-order valence-electron chi connectivity index (χ3n) is 3.51. The summed E-state index contributed by atoms with van der Waals surface area (Å²) in [6.45, 7) is 4.15. The first kappa shape index (κ1) is 13.4. The van der Waals surface area contributed by atoms with Crippen LogP contribution in [-0.2, 0) is 0 Å². The number of rotatable bonds is 3.